The first-order valence-electron chi connectivity index (χ1n) is 7.70. The number of aryl methyl sites for hydroxylation is 1. The molecular formula is C18H19NO4S. The Bertz CT molecular complexity index is 984. The second-order valence-electron chi connectivity index (χ2n) is 6.17. The summed E-state index contributed by atoms with van der Waals surface area (Å²) in [6.45, 7) is 4.06. The number of hydrogen-bond acceptors (Lipinski definition) is 5. The third-order valence-electron chi connectivity index (χ3n) is 4.06. The van der Waals surface area contributed by atoms with Crippen LogP contribution >= 0.6 is 0 Å². The maximum absolute atomic E-state index is 12.3. The van der Waals surface area contributed by atoms with E-state index in [0.717, 1.165) is 18.4 Å². The Labute approximate surface area is 140 Å². The molecule has 0 fully saturated rings. The number of sulfone groups is 1. The monoisotopic (exact) mass is 345 g/mol. The van der Waals surface area contributed by atoms with Crippen molar-refractivity contribution in [3.63, 3.8) is 0 Å². The van der Waals surface area contributed by atoms with E-state index in [1.165, 1.54) is 11.8 Å². The Morgan fingerprint density at radius 2 is 1.96 bits per heavy atom. The fourth-order valence-corrected chi connectivity index (χ4v) is 4.16. The molecule has 2 N–H and O–H groups in total. The molecule has 0 aromatic heterocycles. The lowest BCUT2D eigenvalue weighted by Gasteiger charge is -2.17. The molecular weight excluding hydrogens is 326 g/mol. The molecule has 6 heteroatoms. The predicted octanol–water partition coefficient (Wildman–Crippen LogP) is 3.64. The van der Waals surface area contributed by atoms with E-state index in [2.05, 4.69) is 11.1 Å². The van der Waals surface area contributed by atoms with Crippen LogP contribution in [0.15, 0.2) is 39.7 Å². The van der Waals surface area contributed by atoms with Gasteiger partial charge in [0.25, 0.3) is 0 Å². The Morgan fingerprint density at radius 1 is 1.21 bits per heavy atom. The van der Waals surface area contributed by atoms with Crippen molar-refractivity contribution in [2.24, 2.45) is 4.99 Å². The first-order chi connectivity index (χ1) is 11.3. The molecule has 0 amide bonds. The average Bonchev–Trinajstić information content (AvgIpc) is 2.51. The minimum Gasteiger partial charge on any atom is -0.506 e. The smallest absolute Gasteiger partial charge is 0.189 e. The zero-order valence-electron chi connectivity index (χ0n) is 13.6. The second-order valence-corrected chi connectivity index (χ2v) is 8.14. The SMILES string of the molecule is CC(C)=CCCc1ccc2c(O)c3c(c(O)c2c1)S(=O)(=O)CC=N3. The predicted molar refractivity (Wildman–Crippen MR) is 95.2 cm³/mol. The summed E-state index contributed by atoms with van der Waals surface area (Å²) in [7, 11) is -3.70. The van der Waals surface area contributed by atoms with Gasteiger partial charge in [-0.1, -0.05) is 23.8 Å². The summed E-state index contributed by atoms with van der Waals surface area (Å²) in [5, 5.41) is 21.6. The van der Waals surface area contributed by atoms with Crippen molar-refractivity contribution in [2.45, 2.75) is 31.6 Å². The zero-order valence-corrected chi connectivity index (χ0v) is 14.4. The number of hydrogen-bond donors (Lipinski definition) is 2. The molecule has 1 aliphatic rings. The summed E-state index contributed by atoms with van der Waals surface area (Å²) in [4.78, 5) is 3.69. The summed E-state index contributed by atoms with van der Waals surface area (Å²) in [5.74, 6) is -0.828. The maximum Gasteiger partial charge on any atom is 0.189 e. The quantitative estimate of drug-likeness (QED) is 0.657. The second kappa shape index (κ2) is 5.94. The van der Waals surface area contributed by atoms with E-state index < -0.39 is 9.84 Å². The molecule has 0 bridgehead atoms. The summed E-state index contributed by atoms with van der Waals surface area (Å²) in [6, 6.07) is 5.30. The van der Waals surface area contributed by atoms with Crippen LogP contribution in [-0.2, 0) is 16.3 Å². The van der Waals surface area contributed by atoms with Gasteiger partial charge in [-0.3, -0.25) is 4.99 Å². The van der Waals surface area contributed by atoms with Crippen LogP contribution in [-0.4, -0.2) is 30.6 Å². The Hall–Kier alpha value is -2.34. The van der Waals surface area contributed by atoms with Gasteiger partial charge in [0.2, 0.25) is 0 Å². The van der Waals surface area contributed by atoms with Crippen molar-refractivity contribution < 1.29 is 18.6 Å². The molecule has 0 unspecified atom stereocenters. The van der Waals surface area contributed by atoms with Crippen LogP contribution in [0.1, 0.15) is 25.8 Å². The largest absolute Gasteiger partial charge is 0.506 e. The molecule has 5 nitrogen and oxygen atoms in total. The average molecular weight is 345 g/mol. The minimum atomic E-state index is -3.70. The van der Waals surface area contributed by atoms with Gasteiger partial charge in [0, 0.05) is 17.0 Å². The maximum atomic E-state index is 12.3. The zero-order chi connectivity index (χ0) is 17.5. The van der Waals surface area contributed by atoms with Crippen LogP contribution in [0.2, 0.25) is 0 Å². The summed E-state index contributed by atoms with van der Waals surface area (Å²) >= 11 is 0. The summed E-state index contributed by atoms with van der Waals surface area (Å²) < 4.78 is 24.5. The highest BCUT2D eigenvalue weighted by Gasteiger charge is 2.30. The van der Waals surface area contributed by atoms with Crippen LogP contribution in [0.3, 0.4) is 0 Å². The molecule has 2 aromatic carbocycles. The van der Waals surface area contributed by atoms with Crippen molar-refractivity contribution in [3.05, 3.63) is 35.4 Å². The molecule has 0 aliphatic carbocycles. The van der Waals surface area contributed by atoms with Crippen LogP contribution in [0.4, 0.5) is 5.69 Å². The number of phenolic OH excluding ortho intramolecular Hbond substituents is 2. The van der Waals surface area contributed by atoms with Crippen LogP contribution < -0.4 is 0 Å². The number of aliphatic imine (C=N–C) groups is 1. The number of rotatable bonds is 3. The molecule has 0 radical (unpaired) electrons. The number of nitrogens with zero attached hydrogens (tertiary/aromatic N) is 1. The van der Waals surface area contributed by atoms with Gasteiger partial charge in [0.15, 0.2) is 15.6 Å². The minimum absolute atomic E-state index is 0.0801. The van der Waals surface area contributed by atoms with E-state index >= 15 is 0 Å². The lowest BCUT2D eigenvalue weighted by Crippen LogP contribution is -2.12. The third kappa shape index (κ3) is 2.78. The third-order valence-corrected chi connectivity index (χ3v) is 5.66. The molecule has 2 aromatic rings. The molecule has 1 aliphatic heterocycles. The Balaban J connectivity index is 2.19. The van der Waals surface area contributed by atoms with Crippen LogP contribution in [0, 0.1) is 0 Å². The van der Waals surface area contributed by atoms with Crippen LogP contribution in [0.5, 0.6) is 11.5 Å². The fourth-order valence-electron chi connectivity index (χ4n) is 2.87. The topological polar surface area (TPSA) is 87.0 Å². The summed E-state index contributed by atoms with van der Waals surface area (Å²) in [5.41, 5.74) is 2.12. The van der Waals surface area contributed by atoms with E-state index in [1.807, 2.05) is 19.9 Å². The Kier molecular flexibility index (Phi) is 4.09. The van der Waals surface area contributed by atoms with Crippen molar-refractivity contribution in [1.82, 2.24) is 0 Å². The van der Waals surface area contributed by atoms with Crippen LogP contribution in [0.25, 0.3) is 10.8 Å². The van der Waals surface area contributed by atoms with Gasteiger partial charge < -0.3 is 10.2 Å². The normalized spacial score (nSPS) is 15.2. The highest BCUT2D eigenvalue weighted by molar-refractivity contribution is 7.92. The number of fused-ring (bicyclic) bond motifs is 2. The van der Waals surface area contributed by atoms with Gasteiger partial charge in [0.05, 0.1) is 5.75 Å². The molecule has 0 saturated carbocycles. The number of aromatic hydroxyl groups is 2. The molecule has 0 saturated heterocycles. The van der Waals surface area contributed by atoms with E-state index in [0.29, 0.717) is 10.8 Å². The van der Waals surface area contributed by atoms with Gasteiger partial charge >= 0.3 is 0 Å². The summed E-state index contributed by atoms with van der Waals surface area (Å²) in [6.07, 6.45) is 4.97. The molecule has 3 rings (SSSR count). The Morgan fingerprint density at radius 3 is 2.67 bits per heavy atom. The van der Waals surface area contributed by atoms with E-state index in [9.17, 15) is 18.6 Å². The number of benzene rings is 2. The van der Waals surface area contributed by atoms with E-state index in [-0.39, 0.29) is 27.8 Å². The first-order valence-corrected chi connectivity index (χ1v) is 9.35. The first kappa shape index (κ1) is 16.5. The van der Waals surface area contributed by atoms with Gasteiger partial charge in [-0.15, -0.1) is 0 Å². The lowest BCUT2D eigenvalue weighted by atomic mass is 10.0. The number of phenols is 2. The highest BCUT2D eigenvalue weighted by atomic mass is 32.2. The van der Waals surface area contributed by atoms with Crippen molar-refractivity contribution >= 4 is 32.5 Å². The molecule has 0 spiro atoms. The molecule has 1 heterocycles. The standard InChI is InChI=1S/C18H19NO4S/c1-11(2)4-3-5-12-6-7-13-14(10-12)17(21)18-15(16(13)20)19-8-9-24(18,22)23/h4,6-8,10,20-21H,3,5,9H2,1-2H3. The van der Waals surface area contributed by atoms with Gasteiger partial charge in [-0.25, -0.2) is 8.42 Å². The van der Waals surface area contributed by atoms with Crippen molar-refractivity contribution in [3.8, 4) is 11.5 Å². The van der Waals surface area contributed by atoms with Gasteiger partial charge in [-0.05, 0) is 38.3 Å². The van der Waals surface area contributed by atoms with E-state index in [1.54, 1.807) is 12.1 Å². The molecule has 126 valence electrons. The number of allylic oxidation sites excluding steroid dienone is 2. The van der Waals surface area contributed by atoms with Crippen molar-refractivity contribution in [2.75, 3.05) is 5.75 Å². The van der Waals surface area contributed by atoms with Crippen molar-refractivity contribution in [1.29, 1.82) is 0 Å². The fraction of sp³-hybridized carbons (Fsp3) is 0.278. The molecule has 0 atom stereocenters. The van der Waals surface area contributed by atoms with E-state index in [4.69, 9.17) is 0 Å². The van der Waals surface area contributed by atoms with Gasteiger partial charge in [-0.2, -0.15) is 0 Å². The highest BCUT2D eigenvalue weighted by Crippen LogP contribution is 2.48. The van der Waals surface area contributed by atoms with Gasteiger partial charge in [0.1, 0.15) is 16.3 Å². The lowest BCUT2D eigenvalue weighted by molar-refractivity contribution is 0.456. The molecule has 24 heavy (non-hydrogen) atoms.